The summed E-state index contributed by atoms with van der Waals surface area (Å²) in [5.41, 5.74) is 14.2. The van der Waals surface area contributed by atoms with E-state index in [4.69, 9.17) is 0 Å². The molecular formula is C39H25N3. The van der Waals surface area contributed by atoms with Gasteiger partial charge in [-0.3, -0.25) is 0 Å². The predicted octanol–water partition coefficient (Wildman–Crippen LogP) is 9.98. The average molecular weight is 536 g/mol. The lowest BCUT2D eigenvalue weighted by molar-refractivity contribution is 0.630. The molecule has 0 aliphatic carbocycles. The van der Waals surface area contributed by atoms with Gasteiger partial charge in [0.15, 0.2) is 0 Å². The van der Waals surface area contributed by atoms with Crippen LogP contribution in [0.15, 0.2) is 115 Å². The first-order chi connectivity index (χ1) is 20.6. The van der Waals surface area contributed by atoms with Crippen molar-refractivity contribution in [3.05, 3.63) is 126 Å². The third-order valence-corrected chi connectivity index (χ3v) is 10.3. The third kappa shape index (κ3) is 2.14. The van der Waals surface area contributed by atoms with E-state index in [-0.39, 0.29) is 5.41 Å². The summed E-state index contributed by atoms with van der Waals surface area (Å²) in [5, 5.41) is 7.84. The van der Waals surface area contributed by atoms with Crippen molar-refractivity contribution in [1.29, 1.82) is 0 Å². The van der Waals surface area contributed by atoms with Crippen LogP contribution in [0.1, 0.15) is 25.0 Å². The summed E-state index contributed by atoms with van der Waals surface area (Å²) in [7, 11) is 0. The minimum absolute atomic E-state index is 0.0859. The Hall–Kier alpha value is -5.28. The standard InChI is InChI=1S/C39H25N3/c1-39(2)28-14-4-6-17-31(28)41-34-24(11-7-15-29(34)39)26-20-21-27-25-13-9-18-32-36(25)42(38(27)37(26)41)33-19-8-12-23-22-10-3-5-16-30(22)40(32)35(23)33/h3-21H,1-2H3. The number of hydrogen-bond donors (Lipinski definition) is 0. The first kappa shape index (κ1) is 21.5. The molecule has 3 heteroatoms. The summed E-state index contributed by atoms with van der Waals surface area (Å²) in [5.74, 6) is 0. The van der Waals surface area contributed by atoms with Crippen LogP contribution in [0.5, 0.6) is 0 Å². The molecule has 1 aliphatic heterocycles. The van der Waals surface area contributed by atoms with Gasteiger partial charge in [0.1, 0.15) is 0 Å². The zero-order valence-corrected chi connectivity index (χ0v) is 23.3. The second-order valence-electron chi connectivity index (χ2n) is 12.6. The van der Waals surface area contributed by atoms with Gasteiger partial charge in [-0.15, -0.1) is 0 Å². The molecule has 0 spiro atoms. The molecule has 6 aromatic carbocycles. The molecule has 3 nitrogen and oxygen atoms in total. The van der Waals surface area contributed by atoms with Crippen molar-refractivity contribution in [2.45, 2.75) is 19.3 Å². The number of aromatic nitrogens is 3. The van der Waals surface area contributed by atoms with E-state index in [1.807, 2.05) is 0 Å². The van der Waals surface area contributed by atoms with E-state index in [1.165, 1.54) is 93.3 Å². The fraction of sp³-hybridized carbons (Fsp3) is 0.0769. The summed E-state index contributed by atoms with van der Waals surface area (Å²) in [6, 6.07) is 43.1. The molecule has 0 unspecified atom stereocenters. The van der Waals surface area contributed by atoms with Crippen molar-refractivity contribution < 1.29 is 0 Å². The van der Waals surface area contributed by atoms with Crippen LogP contribution in [-0.2, 0) is 5.41 Å². The van der Waals surface area contributed by atoms with E-state index in [9.17, 15) is 0 Å². The summed E-state index contributed by atoms with van der Waals surface area (Å²) >= 11 is 0. The minimum Gasteiger partial charge on any atom is -0.307 e. The predicted molar refractivity (Wildman–Crippen MR) is 176 cm³/mol. The van der Waals surface area contributed by atoms with Gasteiger partial charge < -0.3 is 13.4 Å². The number of rotatable bonds is 0. The molecule has 0 atom stereocenters. The molecule has 0 saturated heterocycles. The second kappa shape index (κ2) is 6.78. The van der Waals surface area contributed by atoms with Gasteiger partial charge in [-0.1, -0.05) is 105 Å². The molecule has 0 amide bonds. The van der Waals surface area contributed by atoms with Gasteiger partial charge in [0.2, 0.25) is 0 Å². The second-order valence-corrected chi connectivity index (χ2v) is 12.6. The first-order valence-electron chi connectivity index (χ1n) is 14.8. The number of para-hydroxylation sites is 5. The molecule has 10 aromatic rings. The van der Waals surface area contributed by atoms with Crippen molar-refractivity contribution in [2.24, 2.45) is 0 Å². The molecule has 0 N–H and O–H groups in total. The maximum absolute atomic E-state index is 2.58. The highest BCUT2D eigenvalue weighted by molar-refractivity contribution is 6.28. The monoisotopic (exact) mass is 535 g/mol. The molecule has 0 fully saturated rings. The highest BCUT2D eigenvalue weighted by Gasteiger charge is 2.35. The fourth-order valence-corrected chi connectivity index (χ4v) is 8.62. The Kier molecular flexibility index (Phi) is 3.46. The molecule has 5 heterocycles. The van der Waals surface area contributed by atoms with Crippen LogP contribution in [0.4, 0.5) is 0 Å². The first-order valence-corrected chi connectivity index (χ1v) is 14.8. The molecular weight excluding hydrogens is 510 g/mol. The van der Waals surface area contributed by atoms with Gasteiger partial charge in [-0.2, -0.15) is 0 Å². The SMILES string of the molecule is CC1(C)c2ccccc2-n2c3c1cccc3c1ccc3c4cccc5c4n(c4cccc6c7ccccc7n5c64)c3c12. The van der Waals surface area contributed by atoms with E-state index in [1.54, 1.807) is 0 Å². The Bertz CT molecular complexity index is 2820. The minimum atomic E-state index is -0.0859. The normalized spacial score (nSPS) is 14.6. The number of benzene rings is 6. The summed E-state index contributed by atoms with van der Waals surface area (Å²) < 4.78 is 7.65. The van der Waals surface area contributed by atoms with Crippen molar-refractivity contribution in [3.8, 4) is 5.69 Å². The van der Waals surface area contributed by atoms with E-state index < -0.39 is 0 Å². The van der Waals surface area contributed by atoms with Gasteiger partial charge in [0.05, 0.1) is 49.8 Å². The van der Waals surface area contributed by atoms with Crippen LogP contribution >= 0.6 is 0 Å². The van der Waals surface area contributed by atoms with Gasteiger partial charge in [-0.05, 0) is 35.4 Å². The largest absolute Gasteiger partial charge is 0.307 e. The Morgan fingerprint density at radius 1 is 0.381 bits per heavy atom. The quantitative estimate of drug-likeness (QED) is 0.172. The highest BCUT2D eigenvalue weighted by atomic mass is 15.1. The lowest BCUT2D eigenvalue weighted by atomic mass is 9.75. The molecule has 1 aliphatic rings. The van der Waals surface area contributed by atoms with Gasteiger partial charge in [0, 0.05) is 37.7 Å². The van der Waals surface area contributed by atoms with E-state index in [0.717, 1.165) is 0 Å². The maximum Gasteiger partial charge on any atom is 0.0790 e. The van der Waals surface area contributed by atoms with Crippen molar-refractivity contribution >= 4 is 76.5 Å². The zero-order valence-electron chi connectivity index (χ0n) is 23.3. The number of nitrogens with zero attached hydrogens (tertiary/aromatic N) is 3. The lowest BCUT2D eigenvalue weighted by Gasteiger charge is -2.34. The van der Waals surface area contributed by atoms with Gasteiger partial charge in [-0.25, -0.2) is 0 Å². The van der Waals surface area contributed by atoms with Crippen LogP contribution in [0.3, 0.4) is 0 Å². The molecule has 42 heavy (non-hydrogen) atoms. The molecule has 0 saturated carbocycles. The summed E-state index contributed by atoms with van der Waals surface area (Å²) in [6.45, 7) is 4.75. The topological polar surface area (TPSA) is 13.8 Å². The van der Waals surface area contributed by atoms with Crippen LogP contribution in [0, 0.1) is 0 Å². The van der Waals surface area contributed by atoms with Crippen LogP contribution in [0.2, 0.25) is 0 Å². The summed E-state index contributed by atoms with van der Waals surface area (Å²) in [4.78, 5) is 0. The van der Waals surface area contributed by atoms with Gasteiger partial charge >= 0.3 is 0 Å². The molecule has 11 rings (SSSR count). The third-order valence-electron chi connectivity index (χ3n) is 10.3. The molecule has 196 valence electrons. The van der Waals surface area contributed by atoms with E-state index in [2.05, 4.69) is 142 Å². The zero-order chi connectivity index (χ0) is 27.5. The molecule has 4 aromatic heterocycles. The van der Waals surface area contributed by atoms with E-state index >= 15 is 0 Å². The van der Waals surface area contributed by atoms with Crippen LogP contribution in [-0.4, -0.2) is 13.4 Å². The Morgan fingerprint density at radius 2 is 0.905 bits per heavy atom. The van der Waals surface area contributed by atoms with Crippen LogP contribution < -0.4 is 0 Å². The van der Waals surface area contributed by atoms with Crippen molar-refractivity contribution in [3.63, 3.8) is 0 Å². The maximum atomic E-state index is 2.58. The molecule has 0 radical (unpaired) electrons. The number of fused-ring (bicyclic) bond motifs is 14. The Labute approximate surface area is 240 Å². The highest BCUT2D eigenvalue weighted by Crippen LogP contribution is 2.50. The van der Waals surface area contributed by atoms with E-state index in [0.29, 0.717) is 0 Å². The average Bonchev–Trinajstić information content (AvgIpc) is 3.67. The fourth-order valence-electron chi connectivity index (χ4n) is 8.62. The number of hydrogen-bond acceptors (Lipinski definition) is 0. The van der Waals surface area contributed by atoms with Crippen LogP contribution in [0.25, 0.3) is 82.1 Å². The lowest BCUT2D eigenvalue weighted by Crippen LogP contribution is -2.26. The summed E-state index contributed by atoms with van der Waals surface area (Å²) in [6.07, 6.45) is 0. The van der Waals surface area contributed by atoms with Crippen molar-refractivity contribution in [1.82, 2.24) is 13.4 Å². The molecule has 0 bridgehead atoms. The smallest absolute Gasteiger partial charge is 0.0790 e. The Morgan fingerprint density at radius 3 is 1.74 bits per heavy atom. The Balaban J connectivity index is 1.51. The van der Waals surface area contributed by atoms with Gasteiger partial charge in [0.25, 0.3) is 0 Å². The van der Waals surface area contributed by atoms with Crippen molar-refractivity contribution in [2.75, 3.05) is 0 Å².